The van der Waals surface area contributed by atoms with Gasteiger partial charge in [-0.2, -0.15) is 5.10 Å². The number of hydrazone groups is 1. The highest BCUT2D eigenvalue weighted by molar-refractivity contribution is 6.35. The maximum atomic E-state index is 11.7. The van der Waals surface area contributed by atoms with Crippen molar-refractivity contribution in [2.24, 2.45) is 5.10 Å². The first-order chi connectivity index (χ1) is 12.1. The van der Waals surface area contributed by atoms with Gasteiger partial charge in [-0.15, -0.1) is 0 Å². The number of nitrogens with zero attached hydrogens (tertiary/aromatic N) is 1. The Morgan fingerprint density at radius 2 is 1.92 bits per heavy atom. The zero-order valence-corrected chi connectivity index (χ0v) is 14.2. The Balaban J connectivity index is 1.84. The molecule has 0 saturated heterocycles. The number of amides is 2. The minimum Gasteiger partial charge on any atom is -0.494 e. The van der Waals surface area contributed by atoms with E-state index in [9.17, 15) is 9.59 Å². The third kappa shape index (κ3) is 5.80. The van der Waals surface area contributed by atoms with E-state index in [2.05, 4.69) is 15.8 Å². The van der Waals surface area contributed by atoms with Crippen LogP contribution in [0, 0.1) is 0 Å². The molecular weight excluding hydrogens is 322 g/mol. The second-order valence-electron chi connectivity index (χ2n) is 5.27. The van der Waals surface area contributed by atoms with Gasteiger partial charge in [0.25, 0.3) is 0 Å². The second kappa shape index (κ2) is 9.27. The van der Waals surface area contributed by atoms with Gasteiger partial charge in [0.05, 0.1) is 25.1 Å². The molecule has 0 bridgehead atoms. The van der Waals surface area contributed by atoms with Crippen molar-refractivity contribution >= 4 is 17.5 Å². The molecule has 0 spiro atoms. The maximum absolute atomic E-state index is 11.7. The van der Waals surface area contributed by atoms with Gasteiger partial charge in [-0.1, -0.05) is 6.92 Å². The molecule has 0 unspecified atom stereocenters. The number of carbonyl (C=O) groups is 2. The standard InChI is InChI=1S/C18H21N3O4/c1-3-10-24-15-8-6-14(7-9-15)13(2)20-21-18(23)17(22)19-12-16-5-4-11-25-16/h4-9,11H,3,10,12H2,1-2H3,(H,19,22)(H,21,23)/b20-13+. The predicted octanol–water partition coefficient (Wildman–Crippen LogP) is 2.22. The third-order valence-electron chi connectivity index (χ3n) is 3.28. The molecule has 0 aliphatic heterocycles. The van der Waals surface area contributed by atoms with Crippen LogP contribution in [0.5, 0.6) is 5.75 Å². The van der Waals surface area contributed by atoms with Gasteiger partial charge in [0.15, 0.2) is 0 Å². The largest absolute Gasteiger partial charge is 0.494 e. The number of nitrogens with one attached hydrogen (secondary N) is 2. The average Bonchev–Trinajstić information content (AvgIpc) is 3.16. The highest BCUT2D eigenvalue weighted by Gasteiger charge is 2.13. The lowest BCUT2D eigenvalue weighted by atomic mass is 10.1. The van der Waals surface area contributed by atoms with Crippen LogP contribution in [0.25, 0.3) is 0 Å². The molecule has 2 rings (SSSR count). The van der Waals surface area contributed by atoms with E-state index in [1.165, 1.54) is 6.26 Å². The highest BCUT2D eigenvalue weighted by Crippen LogP contribution is 2.13. The molecule has 25 heavy (non-hydrogen) atoms. The smallest absolute Gasteiger partial charge is 0.329 e. The zero-order chi connectivity index (χ0) is 18.1. The molecule has 1 aromatic carbocycles. The van der Waals surface area contributed by atoms with Crippen LogP contribution in [0.1, 0.15) is 31.6 Å². The lowest BCUT2D eigenvalue weighted by molar-refractivity contribution is -0.139. The molecule has 7 nitrogen and oxygen atoms in total. The summed E-state index contributed by atoms with van der Waals surface area (Å²) in [5, 5.41) is 6.39. The number of ether oxygens (including phenoxy) is 1. The summed E-state index contributed by atoms with van der Waals surface area (Å²) in [4.78, 5) is 23.4. The number of hydrogen-bond donors (Lipinski definition) is 2. The summed E-state index contributed by atoms with van der Waals surface area (Å²) in [5.74, 6) is -0.281. The van der Waals surface area contributed by atoms with Gasteiger partial charge >= 0.3 is 11.8 Å². The normalized spacial score (nSPS) is 11.0. The third-order valence-corrected chi connectivity index (χ3v) is 3.28. The minimum absolute atomic E-state index is 0.140. The van der Waals surface area contributed by atoms with E-state index in [0.717, 1.165) is 17.7 Å². The van der Waals surface area contributed by atoms with E-state index >= 15 is 0 Å². The van der Waals surface area contributed by atoms with Crippen molar-refractivity contribution in [1.29, 1.82) is 0 Å². The Hall–Kier alpha value is -3.09. The fraction of sp³-hybridized carbons (Fsp3) is 0.278. The summed E-state index contributed by atoms with van der Waals surface area (Å²) in [6.07, 6.45) is 2.43. The summed E-state index contributed by atoms with van der Waals surface area (Å²) < 4.78 is 10.6. The molecule has 7 heteroatoms. The fourth-order valence-corrected chi connectivity index (χ4v) is 1.92. The van der Waals surface area contributed by atoms with Crippen LogP contribution in [-0.2, 0) is 16.1 Å². The van der Waals surface area contributed by atoms with E-state index in [0.29, 0.717) is 18.1 Å². The van der Waals surface area contributed by atoms with Crippen LogP contribution < -0.4 is 15.5 Å². The van der Waals surface area contributed by atoms with E-state index in [4.69, 9.17) is 9.15 Å². The Morgan fingerprint density at radius 3 is 2.56 bits per heavy atom. The van der Waals surface area contributed by atoms with Crippen LogP contribution in [0.15, 0.2) is 52.2 Å². The summed E-state index contributed by atoms with van der Waals surface area (Å²) in [6.45, 7) is 4.58. The van der Waals surface area contributed by atoms with Gasteiger partial charge in [0.2, 0.25) is 0 Å². The molecule has 0 aliphatic carbocycles. The van der Waals surface area contributed by atoms with Gasteiger partial charge in [-0.3, -0.25) is 9.59 Å². The summed E-state index contributed by atoms with van der Waals surface area (Å²) >= 11 is 0. The zero-order valence-electron chi connectivity index (χ0n) is 14.2. The number of carbonyl (C=O) groups excluding carboxylic acids is 2. The van der Waals surface area contributed by atoms with Crippen molar-refractivity contribution in [3.63, 3.8) is 0 Å². The molecule has 0 radical (unpaired) electrons. The Morgan fingerprint density at radius 1 is 1.16 bits per heavy atom. The van der Waals surface area contributed by atoms with Gasteiger partial charge < -0.3 is 14.5 Å². The number of hydrogen-bond acceptors (Lipinski definition) is 5. The quantitative estimate of drug-likeness (QED) is 0.458. The van der Waals surface area contributed by atoms with Crippen LogP contribution in [0.4, 0.5) is 0 Å². The molecule has 132 valence electrons. The molecular formula is C18H21N3O4. The van der Waals surface area contributed by atoms with Crippen LogP contribution in [0.3, 0.4) is 0 Å². The van der Waals surface area contributed by atoms with Gasteiger partial charge in [0, 0.05) is 0 Å². The number of rotatable bonds is 7. The monoisotopic (exact) mass is 343 g/mol. The molecule has 0 saturated carbocycles. The molecule has 2 N–H and O–H groups in total. The summed E-state index contributed by atoms with van der Waals surface area (Å²) in [7, 11) is 0. The Bertz CT molecular complexity index is 721. The van der Waals surface area contributed by atoms with Crippen LogP contribution in [0.2, 0.25) is 0 Å². The molecule has 0 atom stereocenters. The van der Waals surface area contributed by atoms with Crippen molar-refractivity contribution in [2.75, 3.05) is 6.61 Å². The van der Waals surface area contributed by atoms with Crippen LogP contribution >= 0.6 is 0 Å². The first kappa shape index (κ1) is 18.3. The fourth-order valence-electron chi connectivity index (χ4n) is 1.92. The Kier molecular flexibility index (Phi) is 6.76. The molecule has 1 heterocycles. The minimum atomic E-state index is -0.839. The maximum Gasteiger partial charge on any atom is 0.329 e. The molecule has 2 aromatic rings. The van der Waals surface area contributed by atoms with Gasteiger partial charge in [0.1, 0.15) is 11.5 Å². The van der Waals surface area contributed by atoms with E-state index in [-0.39, 0.29) is 6.54 Å². The number of benzene rings is 1. The first-order valence-electron chi connectivity index (χ1n) is 7.98. The highest BCUT2D eigenvalue weighted by atomic mass is 16.5. The van der Waals surface area contributed by atoms with Crippen molar-refractivity contribution in [1.82, 2.24) is 10.7 Å². The second-order valence-corrected chi connectivity index (χ2v) is 5.27. The molecule has 0 aliphatic rings. The topological polar surface area (TPSA) is 92.9 Å². The molecule has 1 aromatic heterocycles. The molecule has 0 fully saturated rings. The van der Waals surface area contributed by atoms with Gasteiger partial charge in [-0.25, -0.2) is 5.43 Å². The van der Waals surface area contributed by atoms with E-state index < -0.39 is 11.8 Å². The Labute approximate surface area is 146 Å². The van der Waals surface area contributed by atoms with E-state index in [1.807, 2.05) is 31.2 Å². The molecule has 2 amide bonds. The lowest BCUT2D eigenvalue weighted by Crippen LogP contribution is -2.37. The summed E-state index contributed by atoms with van der Waals surface area (Å²) in [6, 6.07) is 10.8. The van der Waals surface area contributed by atoms with Crippen molar-refractivity contribution in [3.8, 4) is 5.75 Å². The van der Waals surface area contributed by atoms with Gasteiger partial charge in [-0.05, 0) is 55.3 Å². The van der Waals surface area contributed by atoms with Crippen molar-refractivity contribution < 1.29 is 18.7 Å². The first-order valence-corrected chi connectivity index (χ1v) is 7.98. The van der Waals surface area contributed by atoms with Crippen LogP contribution in [-0.4, -0.2) is 24.1 Å². The van der Waals surface area contributed by atoms with Crippen molar-refractivity contribution in [3.05, 3.63) is 54.0 Å². The number of furan rings is 1. The SMILES string of the molecule is CCCOc1ccc(/C(C)=N/NC(=O)C(=O)NCc2ccco2)cc1. The lowest BCUT2D eigenvalue weighted by Gasteiger charge is -2.06. The van der Waals surface area contributed by atoms with Crippen molar-refractivity contribution in [2.45, 2.75) is 26.8 Å². The summed E-state index contributed by atoms with van der Waals surface area (Å²) in [5.41, 5.74) is 3.63. The van der Waals surface area contributed by atoms with E-state index in [1.54, 1.807) is 19.1 Å². The average molecular weight is 343 g/mol. The predicted molar refractivity (Wildman–Crippen MR) is 93.1 cm³/mol.